The van der Waals surface area contributed by atoms with Crippen molar-refractivity contribution >= 4 is 50.3 Å². The zero-order chi connectivity index (χ0) is 22.3. The van der Waals surface area contributed by atoms with Gasteiger partial charge in [-0.15, -0.1) is 0 Å². The summed E-state index contributed by atoms with van der Waals surface area (Å²) in [5, 5.41) is 23.4. The molecule has 0 unspecified atom stereocenters. The SMILES string of the molecule is O=[N+]([O-])c1cc([N+](=O)[O-])c(Nc2c(Br)cc(Cl)cc2C(F)(F)F)c(C(F)(F)F)c1. The summed E-state index contributed by atoms with van der Waals surface area (Å²) >= 11 is 8.27. The van der Waals surface area contributed by atoms with Gasteiger partial charge in [-0.3, -0.25) is 20.2 Å². The Morgan fingerprint density at radius 1 is 0.862 bits per heavy atom. The maximum absolute atomic E-state index is 13.4. The number of hydrogen-bond acceptors (Lipinski definition) is 5. The molecule has 2 aromatic carbocycles. The summed E-state index contributed by atoms with van der Waals surface area (Å²) in [4.78, 5) is 19.3. The van der Waals surface area contributed by atoms with E-state index in [9.17, 15) is 46.6 Å². The quantitative estimate of drug-likeness (QED) is 0.281. The van der Waals surface area contributed by atoms with Crippen LogP contribution in [0.4, 0.5) is 49.1 Å². The van der Waals surface area contributed by atoms with Crippen molar-refractivity contribution in [3.63, 3.8) is 0 Å². The zero-order valence-corrected chi connectivity index (χ0v) is 15.7. The van der Waals surface area contributed by atoms with E-state index in [-0.39, 0.29) is 12.1 Å². The maximum atomic E-state index is 13.4. The molecule has 2 rings (SSSR count). The standard InChI is InChI=1S/C14H5BrClF6N3O4/c15-9-2-5(16)1-7(13(17,18)19)11(9)23-12-8(14(20,21)22)3-6(24(26)27)4-10(12)25(28)29/h1-4,23H. The summed E-state index contributed by atoms with van der Waals surface area (Å²) in [6.07, 6.45) is -10.5. The van der Waals surface area contributed by atoms with Crippen LogP contribution in [0, 0.1) is 20.2 Å². The number of nitrogens with zero attached hydrogens (tertiary/aromatic N) is 2. The molecule has 0 atom stereocenters. The molecule has 1 N–H and O–H groups in total. The number of anilines is 2. The second-order valence-corrected chi connectivity index (χ2v) is 6.62. The van der Waals surface area contributed by atoms with Gasteiger partial charge in [0.25, 0.3) is 11.4 Å². The molecule has 0 heterocycles. The predicted molar refractivity (Wildman–Crippen MR) is 92.2 cm³/mol. The third-order valence-corrected chi connectivity index (χ3v) is 4.27. The van der Waals surface area contributed by atoms with Gasteiger partial charge in [-0.1, -0.05) is 11.6 Å². The summed E-state index contributed by atoms with van der Waals surface area (Å²) in [5.74, 6) is 0. The Balaban J connectivity index is 2.86. The molecule has 2 aromatic rings. The number of nitro groups is 2. The zero-order valence-electron chi connectivity index (χ0n) is 13.4. The van der Waals surface area contributed by atoms with Crippen LogP contribution in [0.2, 0.25) is 5.02 Å². The molecule has 15 heteroatoms. The van der Waals surface area contributed by atoms with E-state index in [2.05, 4.69) is 15.9 Å². The number of alkyl halides is 6. The molecule has 0 aliphatic rings. The van der Waals surface area contributed by atoms with Crippen LogP contribution in [0.1, 0.15) is 11.1 Å². The lowest BCUT2D eigenvalue weighted by molar-refractivity contribution is -0.394. The van der Waals surface area contributed by atoms with E-state index in [0.717, 1.165) is 6.07 Å². The Labute approximate surface area is 169 Å². The second kappa shape index (κ2) is 7.67. The lowest BCUT2D eigenvalue weighted by Gasteiger charge is -2.19. The first-order valence-corrected chi connectivity index (χ1v) is 8.17. The molecule has 0 bridgehead atoms. The van der Waals surface area contributed by atoms with E-state index in [1.807, 2.05) is 0 Å². The van der Waals surface area contributed by atoms with Crippen molar-refractivity contribution in [3.8, 4) is 0 Å². The van der Waals surface area contributed by atoms with Crippen LogP contribution in [0.5, 0.6) is 0 Å². The number of nitrogens with one attached hydrogen (secondary N) is 1. The largest absolute Gasteiger partial charge is 0.418 e. The molecule has 0 aliphatic heterocycles. The molecule has 0 radical (unpaired) electrons. The van der Waals surface area contributed by atoms with Crippen LogP contribution in [0.3, 0.4) is 0 Å². The Morgan fingerprint density at radius 2 is 1.38 bits per heavy atom. The van der Waals surface area contributed by atoms with E-state index in [1.54, 1.807) is 5.32 Å². The fourth-order valence-corrected chi connectivity index (χ4v) is 3.17. The summed E-state index contributed by atoms with van der Waals surface area (Å²) in [5.41, 5.74) is -8.51. The Hall–Kier alpha value is -2.61. The van der Waals surface area contributed by atoms with E-state index >= 15 is 0 Å². The highest BCUT2D eigenvalue weighted by molar-refractivity contribution is 9.10. The number of benzene rings is 2. The molecule has 0 saturated heterocycles. The van der Waals surface area contributed by atoms with Gasteiger partial charge in [-0.2, -0.15) is 26.3 Å². The minimum Gasteiger partial charge on any atom is -0.348 e. The summed E-state index contributed by atoms with van der Waals surface area (Å²) < 4.78 is 79.7. The number of rotatable bonds is 4. The maximum Gasteiger partial charge on any atom is 0.418 e. The van der Waals surface area contributed by atoms with Crippen LogP contribution in [-0.4, -0.2) is 9.85 Å². The van der Waals surface area contributed by atoms with Crippen molar-refractivity contribution in [2.75, 3.05) is 5.32 Å². The number of halogens is 8. The predicted octanol–water partition coefficient (Wildman–Crippen LogP) is 6.70. The molecular weight excluding hydrogens is 504 g/mol. The Bertz CT molecular complexity index is 1010. The normalized spacial score (nSPS) is 12.0. The first kappa shape index (κ1) is 22.7. The van der Waals surface area contributed by atoms with Gasteiger partial charge in [0.2, 0.25) is 0 Å². The van der Waals surface area contributed by atoms with E-state index in [4.69, 9.17) is 11.6 Å². The van der Waals surface area contributed by atoms with Crippen LogP contribution in [-0.2, 0) is 12.4 Å². The first-order valence-electron chi connectivity index (χ1n) is 7.00. The highest BCUT2D eigenvalue weighted by Gasteiger charge is 2.41. The van der Waals surface area contributed by atoms with Gasteiger partial charge in [-0.05, 0) is 28.1 Å². The smallest absolute Gasteiger partial charge is 0.348 e. The number of nitro benzene ring substituents is 2. The van der Waals surface area contributed by atoms with Crippen LogP contribution < -0.4 is 5.32 Å². The van der Waals surface area contributed by atoms with Crippen LogP contribution in [0.25, 0.3) is 0 Å². The van der Waals surface area contributed by atoms with E-state index < -0.39 is 65.6 Å². The Kier molecular flexibility index (Phi) is 5.99. The topological polar surface area (TPSA) is 98.3 Å². The molecule has 7 nitrogen and oxygen atoms in total. The molecule has 0 spiro atoms. The molecule has 156 valence electrons. The monoisotopic (exact) mass is 507 g/mol. The fourth-order valence-electron chi connectivity index (χ4n) is 2.27. The van der Waals surface area contributed by atoms with Gasteiger partial charge >= 0.3 is 12.4 Å². The summed E-state index contributed by atoms with van der Waals surface area (Å²) in [7, 11) is 0. The van der Waals surface area contributed by atoms with Crippen molar-refractivity contribution in [1.29, 1.82) is 0 Å². The van der Waals surface area contributed by atoms with Crippen LogP contribution in [0.15, 0.2) is 28.7 Å². The first-order chi connectivity index (χ1) is 13.1. The van der Waals surface area contributed by atoms with Crippen molar-refractivity contribution in [2.45, 2.75) is 12.4 Å². The van der Waals surface area contributed by atoms with Gasteiger partial charge < -0.3 is 5.32 Å². The summed E-state index contributed by atoms with van der Waals surface area (Å²) in [6.45, 7) is 0. The molecule has 0 aliphatic carbocycles. The molecule has 0 saturated carbocycles. The molecule has 0 aromatic heterocycles. The molecule has 29 heavy (non-hydrogen) atoms. The van der Waals surface area contributed by atoms with E-state index in [1.165, 1.54) is 0 Å². The lowest BCUT2D eigenvalue weighted by atomic mass is 10.1. The molecule has 0 fully saturated rings. The third kappa shape index (κ3) is 4.87. The van der Waals surface area contributed by atoms with Crippen LogP contribution >= 0.6 is 27.5 Å². The van der Waals surface area contributed by atoms with Gasteiger partial charge in [0, 0.05) is 15.6 Å². The van der Waals surface area contributed by atoms with Crippen molar-refractivity contribution < 1.29 is 36.2 Å². The van der Waals surface area contributed by atoms with Gasteiger partial charge in [0.15, 0.2) is 0 Å². The second-order valence-electron chi connectivity index (χ2n) is 5.33. The average Bonchev–Trinajstić information content (AvgIpc) is 2.54. The van der Waals surface area contributed by atoms with Gasteiger partial charge in [0.1, 0.15) is 5.69 Å². The fraction of sp³-hybridized carbons (Fsp3) is 0.143. The number of hydrogen-bond donors (Lipinski definition) is 1. The van der Waals surface area contributed by atoms with Crippen molar-refractivity contribution in [2.24, 2.45) is 0 Å². The molecule has 0 amide bonds. The minimum atomic E-state index is -5.36. The van der Waals surface area contributed by atoms with Gasteiger partial charge in [0.05, 0.1) is 32.7 Å². The van der Waals surface area contributed by atoms with Crippen molar-refractivity contribution in [3.05, 3.63) is 65.1 Å². The summed E-state index contributed by atoms with van der Waals surface area (Å²) in [6, 6.07) is 1.50. The number of non-ortho nitro benzene ring substituents is 1. The third-order valence-electron chi connectivity index (χ3n) is 3.43. The van der Waals surface area contributed by atoms with E-state index in [0.29, 0.717) is 6.07 Å². The van der Waals surface area contributed by atoms with Gasteiger partial charge in [-0.25, -0.2) is 0 Å². The Morgan fingerprint density at radius 3 is 1.83 bits per heavy atom. The highest BCUT2D eigenvalue weighted by Crippen LogP contribution is 2.47. The highest BCUT2D eigenvalue weighted by atomic mass is 79.9. The average molecular weight is 509 g/mol. The minimum absolute atomic E-state index is 0.0214. The molecular formula is C14H5BrClF6N3O4. The lowest BCUT2D eigenvalue weighted by Crippen LogP contribution is -2.14. The van der Waals surface area contributed by atoms with Crippen molar-refractivity contribution in [1.82, 2.24) is 0 Å².